The SMILES string of the molecule is CC(C)(Oc1ccc(Cl)cc1)C(=O)Nc1nnc(C2CC(=O)N(c3ccccc3)C2)o1. The van der Waals surface area contributed by atoms with Crippen LogP contribution in [0.3, 0.4) is 0 Å². The molecule has 31 heavy (non-hydrogen) atoms. The zero-order chi connectivity index (χ0) is 22.0. The third kappa shape index (κ3) is 4.69. The van der Waals surface area contributed by atoms with Crippen molar-refractivity contribution in [1.29, 1.82) is 0 Å². The fourth-order valence-corrected chi connectivity index (χ4v) is 3.40. The monoisotopic (exact) mass is 440 g/mol. The Labute approximate surface area is 184 Å². The van der Waals surface area contributed by atoms with E-state index in [9.17, 15) is 9.59 Å². The summed E-state index contributed by atoms with van der Waals surface area (Å²) in [6.45, 7) is 3.69. The lowest BCUT2D eigenvalue weighted by atomic mass is 10.1. The van der Waals surface area contributed by atoms with E-state index in [1.807, 2.05) is 30.3 Å². The number of aromatic nitrogens is 2. The molecule has 0 radical (unpaired) electrons. The van der Waals surface area contributed by atoms with Crippen molar-refractivity contribution in [3.63, 3.8) is 0 Å². The summed E-state index contributed by atoms with van der Waals surface area (Å²) in [6, 6.07) is 16.1. The Balaban J connectivity index is 1.40. The van der Waals surface area contributed by atoms with E-state index in [0.717, 1.165) is 5.69 Å². The van der Waals surface area contributed by atoms with Crippen molar-refractivity contribution in [1.82, 2.24) is 10.2 Å². The highest BCUT2D eigenvalue weighted by atomic mass is 35.5. The summed E-state index contributed by atoms with van der Waals surface area (Å²) >= 11 is 5.88. The third-order valence-corrected chi connectivity index (χ3v) is 5.19. The number of para-hydroxylation sites is 1. The zero-order valence-corrected chi connectivity index (χ0v) is 17.8. The molecule has 1 saturated heterocycles. The number of halogens is 1. The minimum absolute atomic E-state index is 0.0162. The average molecular weight is 441 g/mol. The number of ether oxygens (including phenoxy) is 1. The number of amides is 2. The van der Waals surface area contributed by atoms with Crippen LogP contribution in [0.25, 0.3) is 0 Å². The van der Waals surface area contributed by atoms with Crippen LogP contribution in [-0.2, 0) is 9.59 Å². The van der Waals surface area contributed by atoms with Crippen LogP contribution in [0.4, 0.5) is 11.7 Å². The highest BCUT2D eigenvalue weighted by Crippen LogP contribution is 2.31. The number of carbonyl (C=O) groups is 2. The summed E-state index contributed by atoms with van der Waals surface area (Å²) in [5, 5.41) is 11.1. The van der Waals surface area contributed by atoms with Gasteiger partial charge < -0.3 is 14.1 Å². The Kier molecular flexibility index (Phi) is 5.65. The predicted molar refractivity (Wildman–Crippen MR) is 115 cm³/mol. The Hall–Kier alpha value is -3.39. The lowest BCUT2D eigenvalue weighted by Crippen LogP contribution is -2.42. The molecule has 1 atom stereocenters. The van der Waals surface area contributed by atoms with Gasteiger partial charge >= 0.3 is 6.01 Å². The molecule has 2 heterocycles. The van der Waals surface area contributed by atoms with Gasteiger partial charge in [-0.25, -0.2) is 0 Å². The first kappa shape index (κ1) is 20.9. The van der Waals surface area contributed by atoms with E-state index in [4.69, 9.17) is 20.8 Å². The van der Waals surface area contributed by atoms with E-state index in [2.05, 4.69) is 15.5 Å². The molecule has 4 rings (SSSR count). The van der Waals surface area contributed by atoms with Gasteiger partial charge in [0.25, 0.3) is 5.91 Å². The van der Waals surface area contributed by atoms with Crippen LogP contribution in [0, 0.1) is 0 Å². The molecule has 160 valence electrons. The third-order valence-electron chi connectivity index (χ3n) is 4.94. The van der Waals surface area contributed by atoms with Crippen LogP contribution in [0.15, 0.2) is 59.0 Å². The molecule has 1 aliphatic heterocycles. The standard InChI is InChI=1S/C22H21ClN4O4/c1-22(2,31-17-10-8-15(23)9-11-17)20(29)24-21-26-25-19(30-21)14-12-18(28)27(13-14)16-6-4-3-5-7-16/h3-11,14H,12-13H2,1-2H3,(H,24,26,29). The maximum absolute atomic E-state index is 12.7. The molecule has 0 bridgehead atoms. The van der Waals surface area contributed by atoms with Gasteiger partial charge in [0.1, 0.15) is 5.75 Å². The van der Waals surface area contributed by atoms with Gasteiger partial charge in [-0.3, -0.25) is 14.9 Å². The molecule has 1 aromatic heterocycles. The quantitative estimate of drug-likeness (QED) is 0.621. The number of nitrogens with one attached hydrogen (secondary N) is 1. The Morgan fingerprint density at radius 2 is 1.87 bits per heavy atom. The second kappa shape index (κ2) is 8.39. The molecule has 1 unspecified atom stereocenters. The minimum Gasteiger partial charge on any atom is -0.478 e. The number of rotatable bonds is 6. The Morgan fingerprint density at radius 1 is 1.16 bits per heavy atom. The molecular weight excluding hydrogens is 420 g/mol. The van der Waals surface area contributed by atoms with Crippen molar-refractivity contribution < 1.29 is 18.7 Å². The summed E-state index contributed by atoms with van der Waals surface area (Å²) in [5.41, 5.74) is -0.375. The van der Waals surface area contributed by atoms with Crippen LogP contribution in [0.5, 0.6) is 5.75 Å². The van der Waals surface area contributed by atoms with Gasteiger partial charge in [-0.1, -0.05) is 34.9 Å². The number of carbonyl (C=O) groups excluding carboxylic acids is 2. The van der Waals surface area contributed by atoms with E-state index in [-0.39, 0.29) is 24.3 Å². The topological polar surface area (TPSA) is 97.6 Å². The molecule has 1 aliphatic rings. The molecular formula is C22H21ClN4O4. The normalized spacial score (nSPS) is 16.4. The summed E-state index contributed by atoms with van der Waals surface area (Å²) < 4.78 is 11.4. The van der Waals surface area contributed by atoms with Gasteiger partial charge in [-0.05, 0) is 50.2 Å². The van der Waals surface area contributed by atoms with Crippen molar-refractivity contribution in [3.05, 3.63) is 65.5 Å². The zero-order valence-electron chi connectivity index (χ0n) is 17.0. The molecule has 9 heteroatoms. The minimum atomic E-state index is -1.20. The summed E-state index contributed by atoms with van der Waals surface area (Å²) in [4.78, 5) is 26.8. The van der Waals surface area contributed by atoms with Crippen molar-refractivity contribution in [2.75, 3.05) is 16.8 Å². The highest BCUT2D eigenvalue weighted by molar-refractivity contribution is 6.30. The fraction of sp³-hybridized carbons (Fsp3) is 0.273. The van der Waals surface area contributed by atoms with Gasteiger partial charge in [-0.15, -0.1) is 5.10 Å². The molecule has 1 N–H and O–H groups in total. The van der Waals surface area contributed by atoms with Crippen molar-refractivity contribution in [2.45, 2.75) is 31.8 Å². The van der Waals surface area contributed by atoms with Crippen LogP contribution in [0.2, 0.25) is 5.02 Å². The maximum Gasteiger partial charge on any atom is 0.322 e. The summed E-state index contributed by atoms with van der Waals surface area (Å²) in [7, 11) is 0. The Bertz CT molecular complexity index is 1080. The van der Waals surface area contributed by atoms with Gasteiger partial charge in [0.2, 0.25) is 11.8 Å². The lowest BCUT2D eigenvalue weighted by Gasteiger charge is -2.24. The number of nitrogens with zero attached hydrogens (tertiary/aromatic N) is 3. The van der Waals surface area contributed by atoms with E-state index in [0.29, 0.717) is 23.2 Å². The van der Waals surface area contributed by atoms with Crippen LogP contribution in [-0.4, -0.2) is 34.2 Å². The fourth-order valence-electron chi connectivity index (χ4n) is 3.27. The molecule has 8 nitrogen and oxygen atoms in total. The predicted octanol–water partition coefficient (Wildman–Crippen LogP) is 4.04. The summed E-state index contributed by atoms with van der Waals surface area (Å²) in [5.74, 6) is 0.0903. The van der Waals surface area contributed by atoms with Crippen LogP contribution < -0.4 is 15.0 Å². The van der Waals surface area contributed by atoms with Gasteiger partial charge in [0.05, 0.1) is 5.92 Å². The van der Waals surface area contributed by atoms with E-state index < -0.39 is 11.5 Å². The van der Waals surface area contributed by atoms with Crippen LogP contribution in [0.1, 0.15) is 32.1 Å². The van der Waals surface area contributed by atoms with Gasteiger partial charge in [0, 0.05) is 23.7 Å². The van der Waals surface area contributed by atoms with Crippen molar-refractivity contribution >= 4 is 35.1 Å². The van der Waals surface area contributed by atoms with Crippen molar-refractivity contribution in [3.8, 4) is 5.75 Å². The molecule has 0 saturated carbocycles. The first-order valence-electron chi connectivity index (χ1n) is 9.77. The average Bonchev–Trinajstić information content (AvgIpc) is 3.37. The smallest absolute Gasteiger partial charge is 0.322 e. The van der Waals surface area contributed by atoms with E-state index >= 15 is 0 Å². The molecule has 1 fully saturated rings. The molecule has 3 aromatic rings. The Morgan fingerprint density at radius 3 is 2.58 bits per heavy atom. The van der Waals surface area contributed by atoms with E-state index in [1.54, 1.807) is 43.0 Å². The first-order chi connectivity index (χ1) is 14.8. The maximum atomic E-state index is 12.7. The van der Waals surface area contributed by atoms with Gasteiger partial charge in [-0.2, -0.15) is 0 Å². The number of benzene rings is 2. The van der Waals surface area contributed by atoms with Crippen molar-refractivity contribution in [2.24, 2.45) is 0 Å². The molecule has 0 spiro atoms. The number of anilines is 2. The molecule has 2 aromatic carbocycles. The summed E-state index contributed by atoms with van der Waals surface area (Å²) in [6.07, 6.45) is 0.260. The molecule has 0 aliphatic carbocycles. The highest BCUT2D eigenvalue weighted by Gasteiger charge is 2.36. The van der Waals surface area contributed by atoms with E-state index in [1.165, 1.54) is 0 Å². The van der Waals surface area contributed by atoms with Crippen LogP contribution >= 0.6 is 11.6 Å². The largest absolute Gasteiger partial charge is 0.478 e. The first-order valence-corrected chi connectivity index (χ1v) is 10.1. The second-order valence-corrected chi connectivity index (χ2v) is 8.14. The second-order valence-electron chi connectivity index (χ2n) is 7.71. The lowest BCUT2D eigenvalue weighted by molar-refractivity contribution is -0.128. The van der Waals surface area contributed by atoms with Gasteiger partial charge in [0.15, 0.2) is 5.60 Å². The molecule has 2 amide bonds. The number of hydrogen-bond acceptors (Lipinski definition) is 6. The number of hydrogen-bond donors (Lipinski definition) is 1.